The maximum atomic E-state index is 12.2. The molecule has 2 aromatic rings. The Balaban J connectivity index is 2.19. The molecule has 0 heterocycles. The van der Waals surface area contributed by atoms with Gasteiger partial charge in [0.05, 0.1) is 10.5 Å². The molecule has 0 aliphatic rings. The second-order valence-electron chi connectivity index (χ2n) is 4.19. The third-order valence-corrected chi connectivity index (χ3v) is 4.20. The molecule has 0 spiro atoms. The Hall–Kier alpha value is -1.96. The van der Waals surface area contributed by atoms with E-state index in [4.69, 9.17) is 0 Å². The lowest BCUT2D eigenvalue weighted by Crippen LogP contribution is -2.13. The Morgan fingerprint density at radius 3 is 2.45 bits per heavy atom. The van der Waals surface area contributed by atoms with Crippen molar-refractivity contribution in [2.45, 2.75) is 6.92 Å². The summed E-state index contributed by atoms with van der Waals surface area (Å²) in [5.41, 5.74) is 2.14. The minimum Gasteiger partial charge on any atom is -0.322 e. The number of hydrogen-bond acceptors (Lipinski definition) is 3. The zero-order valence-electron chi connectivity index (χ0n) is 10.6. The number of benzene rings is 2. The summed E-state index contributed by atoms with van der Waals surface area (Å²) >= 11 is 2.13. The van der Waals surface area contributed by atoms with Crippen molar-refractivity contribution >= 4 is 39.9 Å². The highest BCUT2D eigenvalue weighted by atomic mass is 127. The SMILES string of the molecule is Cc1cccc(C(=O)Nc2ccc([N+](=O)[O-])cc2)c1I. The third kappa shape index (κ3) is 3.13. The Bertz CT molecular complexity index is 669. The van der Waals surface area contributed by atoms with Crippen LogP contribution in [0.4, 0.5) is 11.4 Å². The average Bonchev–Trinajstić information content (AvgIpc) is 2.42. The molecule has 0 aromatic heterocycles. The summed E-state index contributed by atoms with van der Waals surface area (Å²) in [4.78, 5) is 22.2. The Morgan fingerprint density at radius 1 is 1.20 bits per heavy atom. The maximum absolute atomic E-state index is 12.2. The second-order valence-corrected chi connectivity index (χ2v) is 5.27. The zero-order valence-corrected chi connectivity index (χ0v) is 12.7. The molecule has 0 atom stereocenters. The molecule has 5 nitrogen and oxygen atoms in total. The second kappa shape index (κ2) is 6.00. The van der Waals surface area contributed by atoms with Gasteiger partial charge in [0.1, 0.15) is 0 Å². The first-order valence-corrected chi connectivity index (χ1v) is 6.88. The van der Waals surface area contributed by atoms with Crippen LogP contribution in [0.25, 0.3) is 0 Å². The van der Waals surface area contributed by atoms with Gasteiger partial charge >= 0.3 is 0 Å². The number of aryl methyl sites for hydroxylation is 1. The number of halogens is 1. The van der Waals surface area contributed by atoms with Crippen LogP contribution in [0.2, 0.25) is 0 Å². The highest BCUT2D eigenvalue weighted by Gasteiger charge is 2.12. The van der Waals surface area contributed by atoms with Crippen molar-refractivity contribution in [3.05, 3.63) is 67.3 Å². The molecule has 0 unspecified atom stereocenters. The molecular weight excluding hydrogens is 371 g/mol. The van der Waals surface area contributed by atoms with Crippen LogP contribution in [0.15, 0.2) is 42.5 Å². The van der Waals surface area contributed by atoms with Crippen LogP contribution in [0.3, 0.4) is 0 Å². The fourth-order valence-electron chi connectivity index (χ4n) is 1.69. The van der Waals surface area contributed by atoms with Crippen molar-refractivity contribution in [1.82, 2.24) is 0 Å². The van der Waals surface area contributed by atoms with E-state index in [9.17, 15) is 14.9 Å². The van der Waals surface area contributed by atoms with Gasteiger partial charge in [0.15, 0.2) is 0 Å². The van der Waals surface area contributed by atoms with E-state index in [0.29, 0.717) is 11.3 Å². The minimum atomic E-state index is -0.477. The summed E-state index contributed by atoms with van der Waals surface area (Å²) < 4.78 is 0.893. The fourth-order valence-corrected chi connectivity index (χ4v) is 2.29. The predicted molar refractivity (Wildman–Crippen MR) is 84.9 cm³/mol. The third-order valence-electron chi connectivity index (χ3n) is 2.77. The molecule has 0 fully saturated rings. The van der Waals surface area contributed by atoms with Crippen LogP contribution in [0.5, 0.6) is 0 Å². The van der Waals surface area contributed by atoms with Gasteiger partial charge in [-0.3, -0.25) is 14.9 Å². The number of carbonyl (C=O) groups excluding carboxylic acids is 1. The first-order valence-electron chi connectivity index (χ1n) is 5.80. The van der Waals surface area contributed by atoms with Gasteiger partial charge in [0.2, 0.25) is 0 Å². The number of anilines is 1. The molecule has 0 saturated carbocycles. The normalized spacial score (nSPS) is 10.1. The van der Waals surface area contributed by atoms with E-state index in [1.165, 1.54) is 24.3 Å². The van der Waals surface area contributed by atoms with Gasteiger partial charge in [-0.2, -0.15) is 0 Å². The number of nitro benzene ring substituents is 1. The average molecular weight is 382 g/mol. The lowest BCUT2D eigenvalue weighted by molar-refractivity contribution is -0.384. The van der Waals surface area contributed by atoms with Crippen molar-refractivity contribution in [1.29, 1.82) is 0 Å². The standard InChI is InChI=1S/C14H11IN2O3/c1-9-3-2-4-12(13(9)15)14(18)16-10-5-7-11(8-6-10)17(19)20/h2-8H,1H3,(H,16,18). The summed E-state index contributed by atoms with van der Waals surface area (Å²) in [6, 6.07) is 11.2. The number of nitrogens with one attached hydrogen (secondary N) is 1. The largest absolute Gasteiger partial charge is 0.322 e. The number of rotatable bonds is 3. The van der Waals surface area contributed by atoms with Gasteiger partial charge in [-0.25, -0.2) is 0 Å². The lowest BCUT2D eigenvalue weighted by Gasteiger charge is -2.08. The number of carbonyl (C=O) groups is 1. The maximum Gasteiger partial charge on any atom is 0.269 e. The van der Waals surface area contributed by atoms with Crippen LogP contribution in [-0.4, -0.2) is 10.8 Å². The Kier molecular flexibility index (Phi) is 4.33. The van der Waals surface area contributed by atoms with Gasteiger partial charge in [-0.1, -0.05) is 12.1 Å². The van der Waals surface area contributed by atoms with Crippen LogP contribution >= 0.6 is 22.6 Å². The molecule has 1 N–H and O–H groups in total. The summed E-state index contributed by atoms with van der Waals surface area (Å²) in [5.74, 6) is -0.230. The summed E-state index contributed by atoms with van der Waals surface area (Å²) in [7, 11) is 0. The van der Waals surface area contributed by atoms with Gasteiger partial charge in [0.25, 0.3) is 11.6 Å². The number of nitrogens with zero attached hydrogens (tertiary/aromatic N) is 1. The molecule has 6 heteroatoms. The van der Waals surface area contributed by atoms with E-state index in [1.54, 1.807) is 6.07 Å². The molecule has 20 heavy (non-hydrogen) atoms. The van der Waals surface area contributed by atoms with E-state index in [-0.39, 0.29) is 11.6 Å². The number of non-ortho nitro benzene ring substituents is 1. The molecule has 2 aromatic carbocycles. The van der Waals surface area contributed by atoms with E-state index in [1.807, 2.05) is 19.1 Å². The zero-order chi connectivity index (χ0) is 14.7. The molecule has 102 valence electrons. The number of amides is 1. The molecule has 0 aliphatic heterocycles. The smallest absolute Gasteiger partial charge is 0.269 e. The van der Waals surface area contributed by atoms with Crippen LogP contribution < -0.4 is 5.32 Å². The van der Waals surface area contributed by atoms with E-state index in [2.05, 4.69) is 27.9 Å². The van der Waals surface area contributed by atoms with Crippen LogP contribution in [0.1, 0.15) is 15.9 Å². The van der Waals surface area contributed by atoms with Crippen molar-refractivity contribution in [2.75, 3.05) is 5.32 Å². The van der Waals surface area contributed by atoms with Gasteiger partial charge < -0.3 is 5.32 Å². The fraction of sp³-hybridized carbons (Fsp3) is 0.0714. The molecule has 0 aliphatic carbocycles. The lowest BCUT2D eigenvalue weighted by atomic mass is 10.1. The highest BCUT2D eigenvalue weighted by molar-refractivity contribution is 14.1. The van der Waals surface area contributed by atoms with Crippen LogP contribution in [0, 0.1) is 20.6 Å². The van der Waals surface area contributed by atoms with Crippen molar-refractivity contribution < 1.29 is 9.72 Å². The monoisotopic (exact) mass is 382 g/mol. The van der Waals surface area contributed by atoms with Crippen molar-refractivity contribution in [3.63, 3.8) is 0 Å². The van der Waals surface area contributed by atoms with Gasteiger partial charge in [-0.05, 0) is 53.3 Å². The number of hydrogen-bond donors (Lipinski definition) is 1. The Labute approximate surface area is 129 Å². The minimum absolute atomic E-state index is 0.00636. The number of nitro groups is 1. The molecular formula is C14H11IN2O3. The van der Waals surface area contributed by atoms with E-state index < -0.39 is 4.92 Å². The molecule has 2 rings (SSSR count). The van der Waals surface area contributed by atoms with E-state index >= 15 is 0 Å². The topological polar surface area (TPSA) is 72.2 Å². The van der Waals surface area contributed by atoms with Gasteiger partial charge in [0, 0.05) is 21.4 Å². The molecule has 1 amide bonds. The van der Waals surface area contributed by atoms with E-state index in [0.717, 1.165) is 9.13 Å². The molecule has 0 saturated heterocycles. The predicted octanol–water partition coefficient (Wildman–Crippen LogP) is 3.76. The highest BCUT2D eigenvalue weighted by Crippen LogP contribution is 2.20. The van der Waals surface area contributed by atoms with Crippen molar-refractivity contribution in [3.8, 4) is 0 Å². The first-order chi connectivity index (χ1) is 9.49. The summed E-state index contributed by atoms with van der Waals surface area (Å²) in [6.07, 6.45) is 0. The van der Waals surface area contributed by atoms with Crippen molar-refractivity contribution in [2.24, 2.45) is 0 Å². The van der Waals surface area contributed by atoms with Gasteiger partial charge in [-0.15, -0.1) is 0 Å². The summed E-state index contributed by atoms with van der Waals surface area (Å²) in [6.45, 7) is 1.93. The summed E-state index contributed by atoms with van der Waals surface area (Å²) in [5, 5.41) is 13.3. The Morgan fingerprint density at radius 2 is 1.85 bits per heavy atom. The first kappa shape index (κ1) is 14.4. The quantitative estimate of drug-likeness (QED) is 0.499. The molecule has 0 bridgehead atoms. The van der Waals surface area contributed by atoms with Crippen LogP contribution in [-0.2, 0) is 0 Å². The molecule has 0 radical (unpaired) electrons.